The molecule has 0 bridgehead atoms. The van der Waals surface area contributed by atoms with Crippen molar-refractivity contribution in [3.63, 3.8) is 0 Å². The summed E-state index contributed by atoms with van der Waals surface area (Å²) in [6.45, 7) is 15.6. The summed E-state index contributed by atoms with van der Waals surface area (Å²) in [5, 5.41) is 19.2. The van der Waals surface area contributed by atoms with Gasteiger partial charge in [-0.25, -0.2) is 4.99 Å². The van der Waals surface area contributed by atoms with Crippen LogP contribution in [-0.4, -0.2) is 54.2 Å². The fourth-order valence-electron chi connectivity index (χ4n) is 2.65. The summed E-state index contributed by atoms with van der Waals surface area (Å²) in [5.74, 6) is 0.752. The number of nitrogens with one attached hydrogen (secondary N) is 2. The quantitative estimate of drug-likeness (QED) is 0.287. The zero-order valence-electron chi connectivity index (χ0n) is 16.4. The standard InChI is InChI=1S/C18H34N4OS.HI/c1-7-19-17(20-10-11-22(14(2)3)15(4)5)21-13-18(6,23)16-9-8-12-24-16;/h8-9,12,14-15,23H,7,10-11,13H2,1-6H3,(H2,19,20,21);1H. The minimum atomic E-state index is -0.932. The molecule has 7 heteroatoms. The van der Waals surface area contributed by atoms with Crippen molar-refractivity contribution in [3.8, 4) is 0 Å². The molecule has 0 aliphatic carbocycles. The number of halogens is 1. The Bertz CT molecular complexity index is 481. The number of aliphatic imine (C=N–C) groups is 1. The molecule has 0 radical (unpaired) electrons. The Morgan fingerprint density at radius 2 is 1.92 bits per heavy atom. The average Bonchev–Trinajstić information content (AvgIpc) is 3.03. The molecule has 1 unspecified atom stereocenters. The van der Waals surface area contributed by atoms with Crippen molar-refractivity contribution in [2.75, 3.05) is 26.2 Å². The summed E-state index contributed by atoms with van der Waals surface area (Å²) < 4.78 is 0. The first-order valence-electron chi connectivity index (χ1n) is 8.82. The van der Waals surface area contributed by atoms with Crippen LogP contribution in [0.5, 0.6) is 0 Å². The molecule has 1 heterocycles. The largest absolute Gasteiger partial charge is 0.383 e. The monoisotopic (exact) mass is 482 g/mol. The van der Waals surface area contributed by atoms with Gasteiger partial charge in [0.2, 0.25) is 0 Å². The van der Waals surface area contributed by atoms with Gasteiger partial charge in [-0.2, -0.15) is 0 Å². The normalized spacial score (nSPS) is 14.6. The third-order valence-electron chi connectivity index (χ3n) is 3.93. The highest BCUT2D eigenvalue weighted by molar-refractivity contribution is 14.0. The second kappa shape index (κ2) is 12.1. The van der Waals surface area contributed by atoms with Crippen LogP contribution in [-0.2, 0) is 5.60 Å². The zero-order valence-corrected chi connectivity index (χ0v) is 19.5. The van der Waals surface area contributed by atoms with E-state index in [4.69, 9.17) is 0 Å². The van der Waals surface area contributed by atoms with Crippen molar-refractivity contribution in [1.29, 1.82) is 0 Å². The lowest BCUT2D eigenvalue weighted by molar-refractivity contribution is 0.0711. The van der Waals surface area contributed by atoms with Gasteiger partial charge in [-0.3, -0.25) is 4.90 Å². The van der Waals surface area contributed by atoms with E-state index in [2.05, 4.69) is 48.2 Å². The van der Waals surface area contributed by atoms with E-state index in [1.54, 1.807) is 11.3 Å². The zero-order chi connectivity index (χ0) is 18.2. The molecule has 5 nitrogen and oxygen atoms in total. The van der Waals surface area contributed by atoms with Gasteiger partial charge in [0.1, 0.15) is 5.60 Å². The molecule has 0 aliphatic rings. The van der Waals surface area contributed by atoms with Gasteiger partial charge in [0.15, 0.2) is 5.96 Å². The van der Waals surface area contributed by atoms with E-state index in [0.717, 1.165) is 30.5 Å². The van der Waals surface area contributed by atoms with Crippen molar-refractivity contribution < 1.29 is 5.11 Å². The third kappa shape index (κ3) is 8.70. The van der Waals surface area contributed by atoms with Gasteiger partial charge >= 0.3 is 0 Å². The number of nitrogens with zero attached hydrogens (tertiary/aromatic N) is 2. The molecule has 1 rings (SSSR count). The Balaban J connectivity index is 0.00000576. The van der Waals surface area contributed by atoms with E-state index >= 15 is 0 Å². The summed E-state index contributed by atoms with van der Waals surface area (Å²) in [7, 11) is 0. The smallest absolute Gasteiger partial charge is 0.191 e. The van der Waals surface area contributed by atoms with E-state index in [-0.39, 0.29) is 24.0 Å². The third-order valence-corrected chi connectivity index (χ3v) is 5.05. The van der Waals surface area contributed by atoms with E-state index in [1.807, 2.05) is 31.4 Å². The van der Waals surface area contributed by atoms with Crippen molar-refractivity contribution in [2.45, 2.75) is 59.2 Å². The minimum absolute atomic E-state index is 0. The van der Waals surface area contributed by atoms with Crippen LogP contribution in [0.2, 0.25) is 0 Å². The number of aliphatic hydroxyl groups is 1. The van der Waals surface area contributed by atoms with Crippen LogP contribution in [0.4, 0.5) is 0 Å². The minimum Gasteiger partial charge on any atom is -0.383 e. The lowest BCUT2D eigenvalue weighted by Gasteiger charge is -2.30. The maximum atomic E-state index is 10.6. The molecule has 0 aromatic carbocycles. The second-order valence-corrected chi connectivity index (χ2v) is 7.75. The number of rotatable bonds is 9. The number of hydrogen-bond acceptors (Lipinski definition) is 4. The Kier molecular flexibility index (Phi) is 11.9. The molecular formula is C18H35IN4OS. The Morgan fingerprint density at radius 3 is 2.40 bits per heavy atom. The second-order valence-electron chi connectivity index (χ2n) is 6.80. The van der Waals surface area contributed by atoms with E-state index in [1.165, 1.54) is 0 Å². The maximum absolute atomic E-state index is 10.6. The first-order valence-corrected chi connectivity index (χ1v) is 9.70. The molecule has 1 atom stereocenters. The summed E-state index contributed by atoms with van der Waals surface area (Å²) >= 11 is 1.56. The molecule has 1 aromatic heterocycles. The van der Waals surface area contributed by atoms with Gasteiger partial charge < -0.3 is 15.7 Å². The first kappa shape index (κ1) is 24.6. The maximum Gasteiger partial charge on any atom is 0.191 e. The molecule has 146 valence electrons. The van der Waals surface area contributed by atoms with Crippen molar-refractivity contribution in [1.82, 2.24) is 15.5 Å². The molecule has 0 amide bonds. The van der Waals surface area contributed by atoms with Gasteiger partial charge in [0.05, 0.1) is 6.54 Å². The predicted octanol–water partition coefficient (Wildman–Crippen LogP) is 3.25. The topological polar surface area (TPSA) is 59.9 Å². The van der Waals surface area contributed by atoms with Gasteiger partial charge in [-0.05, 0) is 53.0 Å². The Morgan fingerprint density at radius 1 is 1.28 bits per heavy atom. The summed E-state index contributed by atoms with van der Waals surface area (Å²) in [6, 6.07) is 4.94. The number of hydrogen-bond donors (Lipinski definition) is 3. The molecular weight excluding hydrogens is 447 g/mol. The first-order chi connectivity index (χ1) is 11.3. The molecule has 3 N–H and O–H groups in total. The lowest BCUT2D eigenvalue weighted by atomic mass is 10.1. The number of thiophene rings is 1. The van der Waals surface area contributed by atoms with Crippen LogP contribution in [0.1, 0.15) is 46.4 Å². The Hall–Kier alpha value is -0.380. The van der Waals surface area contributed by atoms with Crippen molar-refractivity contribution in [2.24, 2.45) is 4.99 Å². The van der Waals surface area contributed by atoms with Gasteiger partial charge in [0, 0.05) is 36.6 Å². The van der Waals surface area contributed by atoms with Gasteiger partial charge in [-0.15, -0.1) is 35.3 Å². The fourth-order valence-corrected chi connectivity index (χ4v) is 3.43. The van der Waals surface area contributed by atoms with Crippen LogP contribution < -0.4 is 10.6 Å². The molecule has 0 saturated heterocycles. The van der Waals surface area contributed by atoms with Crippen LogP contribution in [0.3, 0.4) is 0 Å². The predicted molar refractivity (Wildman–Crippen MR) is 120 cm³/mol. The molecule has 1 aromatic rings. The van der Waals surface area contributed by atoms with Crippen molar-refractivity contribution >= 4 is 41.3 Å². The SMILES string of the molecule is CCNC(=NCC(C)(O)c1cccs1)NCCN(C(C)C)C(C)C.I. The highest BCUT2D eigenvalue weighted by atomic mass is 127. The van der Waals surface area contributed by atoms with Gasteiger partial charge in [0.25, 0.3) is 0 Å². The number of guanidine groups is 1. The molecule has 0 fully saturated rings. The van der Waals surface area contributed by atoms with Crippen LogP contribution in [0, 0.1) is 0 Å². The highest BCUT2D eigenvalue weighted by Gasteiger charge is 2.24. The fraction of sp³-hybridized carbons (Fsp3) is 0.722. The Labute approximate surface area is 174 Å². The molecule has 0 saturated carbocycles. The molecule has 25 heavy (non-hydrogen) atoms. The highest BCUT2D eigenvalue weighted by Crippen LogP contribution is 2.25. The van der Waals surface area contributed by atoms with Crippen LogP contribution >= 0.6 is 35.3 Å². The average molecular weight is 482 g/mol. The summed E-state index contributed by atoms with van der Waals surface area (Å²) in [6.07, 6.45) is 0. The summed E-state index contributed by atoms with van der Waals surface area (Å²) in [4.78, 5) is 7.94. The van der Waals surface area contributed by atoms with Crippen LogP contribution in [0.15, 0.2) is 22.5 Å². The molecule has 0 spiro atoms. The van der Waals surface area contributed by atoms with Crippen molar-refractivity contribution in [3.05, 3.63) is 22.4 Å². The van der Waals surface area contributed by atoms with Crippen LogP contribution in [0.25, 0.3) is 0 Å². The summed E-state index contributed by atoms with van der Waals surface area (Å²) in [5.41, 5.74) is -0.932. The molecule has 0 aliphatic heterocycles. The van der Waals surface area contributed by atoms with E-state index in [0.29, 0.717) is 18.6 Å². The lowest BCUT2D eigenvalue weighted by Crippen LogP contribution is -2.45. The van der Waals surface area contributed by atoms with Gasteiger partial charge in [-0.1, -0.05) is 6.07 Å². The van der Waals surface area contributed by atoms with E-state index in [9.17, 15) is 5.11 Å². The van der Waals surface area contributed by atoms with E-state index < -0.39 is 5.60 Å².